The van der Waals surface area contributed by atoms with E-state index >= 15 is 0 Å². The highest BCUT2D eigenvalue weighted by Crippen LogP contribution is 2.63. The van der Waals surface area contributed by atoms with Crippen LogP contribution >= 0.6 is 0 Å². The number of hydrogen-bond acceptors (Lipinski definition) is 4. The number of rotatable bonds is 5. The minimum absolute atomic E-state index is 0.494. The molecule has 4 nitrogen and oxygen atoms in total. The summed E-state index contributed by atoms with van der Waals surface area (Å²) < 4.78 is 6.55. The molecule has 1 spiro atoms. The lowest BCUT2D eigenvalue weighted by atomic mass is 9.66. The van der Waals surface area contributed by atoms with Crippen molar-refractivity contribution in [2.75, 3.05) is 0 Å². The van der Waals surface area contributed by atoms with Crippen molar-refractivity contribution in [2.45, 2.75) is 5.41 Å². The summed E-state index contributed by atoms with van der Waals surface area (Å²) in [6, 6.07) is 75.1. The molecule has 1 aromatic heterocycles. The fourth-order valence-corrected chi connectivity index (χ4v) is 9.48. The van der Waals surface area contributed by atoms with Gasteiger partial charge >= 0.3 is 0 Å². The Morgan fingerprint density at radius 3 is 1.45 bits per heavy atom. The average Bonchev–Trinajstić information content (AvgIpc) is 3.62. The van der Waals surface area contributed by atoms with Gasteiger partial charge in [0.15, 0.2) is 17.5 Å². The molecule has 1 aliphatic heterocycles. The Labute approximate surface area is 348 Å². The minimum Gasteiger partial charge on any atom is -0.457 e. The van der Waals surface area contributed by atoms with Crippen LogP contribution < -0.4 is 4.74 Å². The minimum atomic E-state index is -0.494. The molecule has 0 fully saturated rings. The lowest BCUT2D eigenvalue weighted by Crippen LogP contribution is -2.32. The van der Waals surface area contributed by atoms with Crippen molar-refractivity contribution in [3.8, 4) is 79.0 Å². The van der Waals surface area contributed by atoms with Crippen LogP contribution in [0.2, 0.25) is 0 Å². The van der Waals surface area contributed by atoms with Gasteiger partial charge in [-0.05, 0) is 73.5 Å². The number of para-hydroxylation sites is 2. The van der Waals surface area contributed by atoms with Crippen LogP contribution in [0.15, 0.2) is 212 Å². The Kier molecular flexibility index (Phi) is 7.72. The van der Waals surface area contributed by atoms with Gasteiger partial charge in [-0.15, -0.1) is 0 Å². The first-order chi connectivity index (χ1) is 29.7. The van der Waals surface area contributed by atoms with E-state index in [4.69, 9.17) is 19.7 Å². The Morgan fingerprint density at radius 1 is 0.300 bits per heavy atom. The first-order valence-electron chi connectivity index (χ1n) is 20.3. The zero-order chi connectivity index (χ0) is 39.6. The van der Waals surface area contributed by atoms with Gasteiger partial charge in [-0.3, -0.25) is 0 Å². The Balaban J connectivity index is 0.916. The molecule has 0 amide bonds. The first kappa shape index (κ1) is 34.1. The van der Waals surface area contributed by atoms with Gasteiger partial charge in [0.1, 0.15) is 11.5 Å². The van der Waals surface area contributed by atoms with Crippen LogP contribution in [0.4, 0.5) is 0 Å². The molecule has 0 bridgehead atoms. The Hall–Kier alpha value is -7.95. The number of nitrogens with zero attached hydrogens (tertiary/aromatic N) is 3. The van der Waals surface area contributed by atoms with Crippen molar-refractivity contribution in [1.29, 1.82) is 0 Å². The molecule has 1 aliphatic carbocycles. The molecule has 280 valence electrons. The van der Waals surface area contributed by atoms with Crippen molar-refractivity contribution < 1.29 is 4.74 Å². The lowest BCUT2D eigenvalue weighted by molar-refractivity contribution is 0.436. The molecule has 0 N–H and O–H groups in total. The molecule has 60 heavy (non-hydrogen) atoms. The van der Waals surface area contributed by atoms with E-state index < -0.39 is 5.41 Å². The summed E-state index contributed by atoms with van der Waals surface area (Å²) in [7, 11) is 0. The fourth-order valence-electron chi connectivity index (χ4n) is 9.48. The number of benzene rings is 9. The van der Waals surface area contributed by atoms with Gasteiger partial charge in [-0.1, -0.05) is 194 Å². The molecule has 0 saturated heterocycles. The quantitative estimate of drug-likeness (QED) is 0.175. The van der Waals surface area contributed by atoms with Crippen LogP contribution in [0.3, 0.4) is 0 Å². The molecule has 9 aromatic carbocycles. The molecule has 0 saturated carbocycles. The molecule has 2 aliphatic rings. The second-order valence-corrected chi connectivity index (χ2v) is 15.5. The number of hydrogen-bond donors (Lipinski definition) is 0. The van der Waals surface area contributed by atoms with E-state index in [0.717, 1.165) is 44.7 Å². The highest BCUT2D eigenvalue weighted by molar-refractivity contribution is 5.97. The van der Waals surface area contributed by atoms with Crippen molar-refractivity contribution in [3.05, 3.63) is 235 Å². The van der Waals surface area contributed by atoms with Crippen molar-refractivity contribution in [3.63, 3.8) is 0 Å². The Morgan fingerprint density at radius 2 is 0.767 bits per heavy atom. The second-order valence-electron chi connectivity index (χ2n) is 15.5. The van der Waals surface area contributed by atoms with E-state index in [1.54, 1.807) is 0 Å². The van der Waals surface area contributed by atoms with E-state index in [0.29, 0.717) is 17.5 Å². The molecule has 0 unspecified atom stereocenters. The summed E-state index contributed by atoms with van der Waals surface area (Å²) in [6.07, 6.45) is 0. The van der Waals surface area contributed by atoms with E-state index in [9.17, 15) is 0 Å². The van der Waals surface area contributed by atoms with E-state index in [2.05, 4.69) is 182 Å². The summed E-state index contributed by atoms with van der Waals surface area (Å²) in [5.74, 6) is 3.74. The van der Waals surface area contributed by atoms with E-state index in [1.165, 1.54) is 49.9 Å². The van der Waals surface area contributed by atoms with Crippen LogP contribution in [-0.2, 0) is 5.41 Å². The number of ether oxygens (including phenoxy) is 1. The zero-order valence-corrected chi connectivity index (χ0v) is 32.5. The fraction of sp³-hybridized carbons (Fsp3) is 0.0179. The maximum atomic E-state index is 6.55. The monoisotopic (exact) mass is 765 g/mol. The maximum Gasteiger partial charge on any atom is 0.164 e. The van der Waals surface area contributed by atoms with Crippen LogP contribution in [0.25, 0.3) is 78.3 Å². The SMILES string of the molecule is c1ccc(-c2nc(-c3ccc(-c4ccc(-c5cccc6c5-c5ccccc5C65c6ccccc6Oc6ccccc65)cc4)cc3)nc(-c3ccc4ccccc4c3)n2)cc1. The van der Waals surface area contributed by atoms with Crippen LogP contribution in [0, 0.1) is 0 Å². The highest BCUT2D eigenvalue weighted by Gasteiger charge is 2.51. The summed E-state index contributed by atoms with van der Waals surface area (Å²) in [5.41, 5.74) is 14.4. The van der Waals surface area contributed by atoms with Crippen LogP contribution in [0.1, 0.15) is 22.3 Å². The maximum absolute atomic E-state index is 6.55. The summed E-state index contributed by atoms with van der Waals surface area (Å²) in [6.45, 7) is 0. The third kappa shape index (κ3) is 5.28. The molecule has 10 aromatic rings. The van der Waals surface area contributed by atoms with Crippen molar-refractivity contribution in [1.82, 2.24) is 15.0 Å². The van der Waals surface area contributed by atoms with Crippen molar-refractivity contribution in [2.24, 2.45) is 0 Å². The summed E-state index contributed by atoms with van der Waals surface area (Å²) >= 11 is 0. The van der Waals surface area contributed by atoms with Gasteiger partial charge in [0.25, 0.3) is 0 Å². The van der Waals surface area contributed by atoms with E-state index in [-0.39, 0.29) is 0 Å². The zero-order valence-electron chi connectivity index (χ0n) is 32.5. The van der Waals surface area contributed by atoms with Gasteiger partial charge in [-0.2, -0.15) is 0 Å². The van der Waals surface area contributed by atoms with Gasteiger partial charge in [0.2, 0.25) is 0 Å². The van der Waals surface area contributed by atoms with Crippen molar-refractivity contribution >= 4 is 10.8 Å². The second kappa shape index (κ2) is 13.6. The first-order valence-corrected chi connectivity index (χ1v) is 20.3. The predicted octanol–water partition coefficient (Wildman–Crippen LogP) is 13.8. The van der Waals surface area contributed by atoms with Gasteiger partial charge < -0.3 is 4.74 Å². The molecular formula is C56H35N3O. The molecule has 0 atom stereocenters. The third-order valence-corrected chi connectivity index (χ3v) is 12.2. The number of aromatic nitrogens is 3. The Bertz CT molecular complexity index is 3240. The highest BCUT2D eigenvalue weighted by atomic mass is 16.5. The standard InChI is InChI=1S/C56H35N3O/c1-2-14-40(15-3-1)53-57-54(59-55(58-53)43-34-29-36-13-4-5-16-42(36)35-43)41-32-27-38(28-33-41)37-25-30-39(31-26-37)44-18-12-22-49-52(44)45-17-6-7-19-46(45)56(49)47-20-8-10-23-50(47)60-51-24-11-9-21-48(51)56/h1-35H. The molecule has 2 heterocycles. The molecular weight excluding hydrogens is 731 g/mol. The molecule has 12 rings (SSSR count). The lowest BCUT2D eigenvalue weighted by Gasteiger charge is -2.39. The van der Waals surface area contributed by atoms with Gasteiger partial charge in [0.05, 0.1) is 5.41 Å². The van der Waals surface area contributed by atoms with Crippen LogP contribution in [0.5, 0.6) is 11.5 Å². The number of fused-ring (bicyclic) bond motifs is 10. The molecule has 4 heteroatoms. The normalized spacial score (nSPS) is 12.9. The smallest absolute Gasteiger partial charge is 0.164 e. The van der Waals surface area contributed by atoms with E-state index in [1.807, 2.05) is 30.3 Å². The summed E-state index contributed by atoms with van der Waals surface area (Å²) in [4.78, 5) is 15.0. The van der Waals surface area contributed by atoms with Gasteiger partial charge in [0, 0.05) is 27.8 Å². The largest absolute Gasteiger partial charge is 0.457 e. The third-order valence-electron chi connectivity index (χ3n) is 12.2. The summed E-state index contributed by atoms with van der Waals surface area (Å²) in [5, 5.41) is 2.33. The van der Waals surface area contributed by atoms with Gasteiger partial charge in [-0.25, -0.2) is 15.0 Å². The average molecular weight is 766 g/mol. The molecule has 0 radical (unpaired) electrons. The van der Waals surface area contributed by atoms with Crippen LogP contribution in [-0.4, -0.2) is 15.0 Å². The topological polar surface area (TPSA) is 47.9 Å². The predicted molar refractivity (Wildman–Crippen MR) is 242 cm³/mol.